The number of hydrogen-bond acceptors (Lipinski definition) is 3. The van der Waals surface area contributed by atoms with Crippen LogP contribution in [0.5, 0.6) is 11.5 Å². The van der Waals surface area contributed by atoms with Gasteiger partial charge in [0, 0.05) is 0 Å². The van der Waals surface area contributed by atoms with Gasteiger partial charge in [0.2, 0.25) is 0 Å². The molecule has 17 heavy (non-hydrogen) atoms. The van der Waals surface area contributed by atoms with Crippen molar-refractivity contribution in [2.45, 2.75) is 6.92 Å². The Morgan fingerprint density at radius 2 is 1.76 bits per heavy atom. The Hall–Kier alpha value is -1.18. The van der Waals surface area contributed by atoms with Gasteiger partial charge in [0.15, 0.2) is 0 Å². The van der Waals surface area contributed by atoms with Crippen molar-refractivity contribution in [3.63, 3.8) is 0 Å². The molecule has 92 valence electrons. The average Bonchev–Trinajstić information content (AvgIpc) is 2.27. The van der Waals surface area contributed by atoms with Gasteiger partial charge in [0.1, 0.15) is 0 Å². The molecule has 0 fully saturated rings. The summed E-state index contributed by atoms with van der Waals surface area (Å²) >= 11 is -0.686. The first-order valence-corrected chi connectivity index (χ1v) is 7.20. The second kappa shape index (κ2) is 6.53. The fraction of sp³-hybridized carbons (Fsp3) is 0.250. The maximum absolute atomic E-state index is 10.5. The van der Waals surface area contributed by atoms with Crippen LogP contribution in [0.3, 0.4) is 0 Å². The molecule has 4 nitrogen and oxygen atoms in total. The number of ether oxygens (including phenoxy) is 2. The summed E-state index contributed by atoms with van der Waals surface area (Å²) in [6.45, 7) is 1.84. The third kappa shape index (κ3) is 4.68. The Morgan fingerprint density at radius 1 is 1.24 bits per heavy atom. The van der Waals surface area contributed by atoms with Crippen LogP contribution in [0, 0.1) is 0 Å². The van der Waals surface area contributed by atoms with Gasteiger partial charge in [0.25, 0.3) is 0 Å². The Kier molecular flexibility index (Phi) is 5.33. The van der Waals surface area contributed by atoms with Gasteiger partial charge in [-0.25, -0.2) is 0 Å². The van der Waals surface area contributed by atoms with Gasteiger partial charge in [-0.1, -0.05) is 0 Å². The standard InChI is InChI=1S/C12H14O4Te/c1-8(4-12(13)14)17-11-6-9(15-2)5-10(7-11)16-3/h4-7H,1-3H3,(H,13,14)/b8-4+. The van der Waals surface area contributed by atoms with E-state index in [1.54, 1.807) is 20.3 Å². The molecule has 1 rings (SSSR count). The van der Waals surface area contributed by atoms with Crippen LogP contribution >= 0.6 is 0 Å². The second-order valence-electron chi connectivity index (χ2n) is 3.24. The van der Waals surface area contributed by atoms with Crippen LogP contribution in [0.4, 0.5) is 0 Å². The summed E-state index contributed by atoms with van der Waals surface area (Å²) in [6, 6.07) is 5.64. The average molecular weight is 350 g/mol. The predicted molar refractivity (Wildman–Crippen MR) is 66.3 cm³/mol. The zero-order chi connectivity index (χ0) is 12.8. The first kappa shape index (κ1) is 13.9. The van der Waals surface area contributed by atoms with E-state index in [1.807, 2.05) is 19.1 Å². The third-order valence-electron chi connectivity index (χ3n) is 1.93. The monoisotopic (exact) mass is 352 g/mol. The Bertz CT molecular complexity index is 418. The number of allylic oxidation sites excluding steroid dienone is 1. The Morgan fingerprint density at radius 3 is 2.18 bits per heavy atom. The van der Waals surface area contributed by atoms with Gasteiger partial charge in [0.05, 0.1) is 0 Å². The van der Waals surface area contributed by atoms with Crippen molar-refractivity contribution in [3.8, 4) is 11.5 Å². The van der Waals surface area contributed by atoms with Crippen molar-refractivity contribution in [2.24, 2.45) is 0 Å². The zero-order valence-corrected chi connectivity index (χ0v) is 12.2. The molecule has 0 amide bonds. The summed E-state index contributed by atoms with van der Waals surface area (Å²) < 4.78 is 12.3. The fourth-order valence-electron chi connectivity index (χ4n) is 1.23. The summed E-state index contributed by atoms with van der Waals surface area (Å²) in [5.74, 6) is 0.558. The molecule has 1 N–H and O–H groups in total. The SMILES string of the molecule is COc1cc(OC)cc([Te]/C(C)=C/C(=O)O)c1. The zero-order valence-electron chi connectivity index (χ0n) is 9.89. The fourth-order valence-corrected chi connectivity index (χ4v) is 3.75. The normalized spacial score (nSPS) is 11.1. The molecule has 0 spiro atoms. The third-order valence-corrected chi connectivity index (χ3v) is 4.53. The van der Waals surface area contributed by atoms with E-state index < -0.39 is 26.9 Å². The molecule has 0 atom stereocenters. The maximum atomic E-state index is 10.5. The van der Waals surface area contributed by atoms with Crippen LogP contribution in [0.25, 0.3) is 0 Å². The summed E-state index contributed by atoms with van der Waals surface area (Å²) in [4.78, 5) is 10.5. The van der Waals surface area contributed by atoms with Crippen LogP contribution < -0.4 is 13.1 Å². The molecule has 0 aliphatic carbocycles. The van der Waals surface area contributed by atoms with Gasteiger partial charge in [-0.3, -0.25) is 0 Å². The molecule has 0 bridgehead atoms. The molecule has 1 aromatic carbocycles. The molecule has 0 heterocycles. The first-order chi connectivity index (χ1) is 8.05. The van der Waals surface area contributed by atoms with Crippen LogP contribution in [-0.4, -0.2) is 46.2 Å². The summed E-state index contributed by atoms with van der Waals surface area (Å²) in [7, 11) is 3.19. The van der Waals surface area contributed by atoms with E-state index in [0.717, 1.165) is 18.7 Å². The number of rotatable bonds is 5. The van der Waals surface area contributed by atoms with Gasteiger partial charge in [-0.05, 0) is 0 Å². The van der Waals surface area contributed by atoms with Crippen molar-refractivity contribution in [1.82, 2.24) is 0 Å². The number of carboxylic acid groups (broad SMARTS) is 1. The molecule has 1 aromatic rings. The molecule has 0 aliphatic rings. The van der Waals surface area contributed by atoms with E-state index >= 15 is 0 Å². The molecule has 0 aliphatic heterocycles. The van der Waals surface area contributed by atoms with Crippen molar-refractivity contribution < 1.29 is 19.4 Å². The minimum absolute atomic E-state index is 0.686. The van der Waals surface area contributed by atoms with Gasteiger partial charge >= 0.3 is 110 Å². The second-order valence-corrected chi connectivity index (χ2v) is 7.01. The Labute approximate surface area is 110 Å². The van der Waals surface area contributed by atoms with E-state index in [2.05, 4.69) is 0 Å². The van der Waals surface area contributed by atoms with Gasteiger partial charge in [-0.15, -0.1) is 0 Å². The Balaban J connectivity index is 2.94. The molecular formula is C12H14O4Te. The van der Waals surface area contributed by atoms with E-state index in [-0.39, 0.29) is 0 Å². The molecule has 0 saturated carbocycles. The van der Waals surface area contributed by atoms with E-state index in [1.165, 1.54) is 6.08 Å². The van der Waals surface area contributed by atoms with Gasteiger partial charge in [-0.2, -0.15) is 0 Å². The van der Waals surface area contributed by atoms with Crippen molar-refractivity contribution in [3.05, 3.63) is 27.9 Å². The molecule has 5 heteroatoms. The molecule has 0 unspecified atom stereocenters. The van der Waals surface area contributed by atoms with Crippen LogP contribution in [-0.2, 0) is 4.79 Å². The number of carbonyl (C=O) groups is 1. The number of carboxylic acids is 1. The van der Waals surface area contributed by atoms with E-state index in [9.17, 15) is 4.79 Å². The topological polar surface area (TPSA) is 55.8 Å². The molecule has 0 radical (unpaired) electrons. The van der Waals surface area contributed by atoms with Crippen molar-refractivity contribution in [2.75, 3.05) is 14.2 Å². The number of aliphatic carboxylic acids is 1. The number of benzene rings is 1. The van der Waals surface area contributed by atoms with Gasteiger partial charge < -0.3 is 0 Å². The van der Waals surface area contributed by atoms with Crippen LogP contribution in [0.1, 0.15) is 6.92 Å². The quantitative estimate of drug-likeness (QED) is 0.637. The minimum atomic E-state index is -0.900. The van der Waals surface area contributed by atoms with Crippen LogP contribution in [0.2, 0.25) is 0 Å². The van der Waals surface area contributed by atoms with Crippen LogP contribution in [0.15, 0.2) is 27.9 Å². The number of hydrogen-bond donors (Lipinski definition) is 1. The predicted octanol–water partition coefficient (Wildman–Crippen LogP) is 1.02. The first-order valence-electron chi connectivity index (χ1n) is 4.87. The summed E-state index contributed by atoms with van der Waals surface area (Å²) in [5.41, 5.74) is 0. The molecule has 0 aromatic heterocycles. The van der Waals surface area contributed by atoms with Crippen molar-refractivity contribution in [1.29, 1.82) is 0 Å². The van der Waals surface area contributed by atoms with E-state index in [0.29, 0.717) is 0 Å². The number of methoxy groups -OCH3 is 2. The van der Waals surface area contributed by atoms with Crippen molar-refractivity contribution >= 4 is 30.5 Å². The molecular weight excluding hydrogens is 336 g/mol. The summed E-state index contributed by atoms with van der Waals surface area (Å²) in [5, 5.41) is 8.66. The summed E-state index contributed by atoms with van der Waals surface area (Å²) in [6.07, 6.45) is 1.26. The molecule has 0 saturated heterocycles. The van der Waals surface area contributed by atoms with E-state index in [4.69, 9.17) is 14.6 Å².